The predicted octanol–water partition coefficient (Wildman–Crippen LogP) is 2.66. The molecule has 0 saturated carbocycles. The molecule has 1 amide bonds. The normalized spacial score (nSPS) is 11.8. The fraction of sp³-hybridized carbons (Fsp3) is 0.462. The van der Waals surface area contributed by atoms with Crippen molar-refractivity contribution in [3.63, 3.8) is 0 Å². The third-order valence-electron chi connectivity index (χ3n) is 3.42. The quantitative estimate of drug-likeness (QED) is 0.868. The molecule has 126 valence electrons. The van der Waals surface area contributed by atoms with Crippen LogP contribution in [0.15, 0.2) is 10.7 Å². The number of nitrogens with one attached hydrogen (secondary N) is 1. The van der Waals surface area contributed by atoms with E-state index >= 15 is 0 Å². The Morgan fingerprint density at radius 1 is 1.43 bits per heavy atom. The van der Waals surface area contributed by atoms with E-state index in [1.165, 1.54) is 0 Å². The van der Waals surface area contributed by atoms with Crippen molar-refractivity contribution in [2.45, 2.75) is 33.1 Å². The van der Waals surface area contributed by atoms with Gasteiger partial charge in [0.05, 0.1) is 10.7 Å². The first-order valence-electron chi connectivity index (χ1n) is 6.76. The van der Waals surface area contributed by atoms with Crippen molar-refractivity contribution in [3.05, 3.63) is 33.3 Å². The number of carbonyl (C=O) groups excluding carboxylic acids is 1. The minimum absolute atomic E-state index is 0.162. The molecule has 0 atom stereocenters. The first-order chi connectivity index (χ1) is 10.7. The monoisotopic (exact) mass is 393 g/mol. The highest BCUT2D eigenvalue weighted by molar-refractivity contribution is 9.10. The molecule has 2 heterocycles. The highest BCUT2D eigenvalue weighted by atomic mass is 79.9. The molecule has 10 heteroatoms. The van der Waals surface area contributed by atoms with Crippen LogP contribution in [0.25, 0.3) is 0 Å². The van der Waals surface area contributed by atoms with Crippen molar-refractivity contribution in [2.75, 3.05) is 0 Å². The number of carbonyl (C=O) groups is 1. The van der Waals surface area contributed by atoms with Gasteiger partial charge in [-0.2, -0.15) is 23.4 Å². The summed E-state index contributed by atoms with van der Waals surface area (Å²) in [5, 5.41) is 10.4. The van der Waals surface area contributed by atoms with Gasteiger partial charge in [-0.05, 0) is 29.8 Å². The number of rotatable bonds is 4. The fourth-order valence-corrected chi connectivity index (χ4v) is 2.93. The van der Waals surface area contributed by atoms with Crippen LogP contribution in [0.1, 0.15) is 34.4 Å². The summed E-state index contributed by atoms with van der Waals surface area (Å²) in [7, 11) is 1.14. The average Bonchev–Trinajstić information content (AvgIpc) is 2.95. The molecule has 0 bridgehead atoms. The zero-order chi connectivity index (χ0) is 17.4. The Kier molecular flexibility index (Phi) is 4.83. The van der Waals surface area contributed by atoms with Crippen molar-refractivity contribution < 1.29 is 18.0 Å². The molecule has 0 saturated heterocycles. The smallest absolute Gasteiger partial charge is 0.346 e. The lowest BCUT2D eigenvalue weighted by Gasteiger charge is -2.06. The molecular formula is C13H15BrF3N5O. The lowest BCUT2D eigenvalue weighted by Crippen LogP contribution is -2.24. The van der Waals surface area contributed by atoms with Crippen LogP contribution in [0.5, 0.6) is 0 Å². The molecule has 2 aromatic heterocycles. The molecule has 2 aromatic rings. The average molecular weight is 394 g/mol. The zero-order valence-corrected chi connectivity index (χ0v) is 14.3. The highest BCUT2D eigenvalue weighted by Crippen LogP contribution is 2.36. The summed E-state index contributed by atoms with van der Waals surface area (Å²) >= 11 is 2.81. The van der Waals surface area contributed by atoms with E-state index < -0.39 is 17.8 Å². The van der Waals surface area contributed by atoms with E-state index in [9.17, 15) is 18.0 Å². The number of halogens is 4. The standard InChI is InChI=1S/C13H15BrF3N5O/c1-4-22-7(2)8(6-19-22)5-18-12(23)10-9(14)11(13(15,16)17)21(3)20-10/h6H,4-5H2,1-3H3,(H,18,23). The molecule has 0 aliphatic rings. The third-order valence-corrected chi connectivity index (χ3v) is 4.17. The SMILES string of the molecule is CCn1ncc(CNC(=O)c2nn(C)c(C(F)(F)F)c2Br)c1C. The Hall–Kier alpha value is -1.84. The van der Waals surface area contributed by atoms with Crippen LogP contribution in [0, 0.1) is 6.92 Å². The first kappa shape index (κ1) is 17.5. The van der Waals surface area contributed by atoms with E-state index in [-0.39, 0.29) is 16.7 Å². The maximum absolute atomic E-state index is 12.9. The number of aryl methyl sites for hydroxylation is 2. The topological polar surface area (TPSA) is 64.7 Å². The van der Waals surface area contributed by atoms with Gasteiger partial charge in [-0.15, -0.1) is 0 Å². The lowest BCUT2D eigenvalue weighted by atomic mass is 10.2. The Balaban J connectivity index is 2.17. The van der Waals surface area contributed by atoms with Crippen molar-refractivity contribution in [1.82, 2.24) is 24.9 Å². The second-order valence-corrected chi connectivity index (χ2v) is 5.68. The Bertz CT molecular complexity index is 735. The summed E-state index contributed by atoms with van der Waals surface area (Å²) in [6.07, 6.45) is -2.98. The van der Waals surface area contributed by atoms with Crippen molar-refractivity contribution >= 4 is 21.8 Å². The Morgan fingerprint density at radius 2 is 2.09 bits per heavy atom. The van der Waals surface area contributed by atoms with Crippen LogP contribution >= 0.6 is 15.9 Å². The van der Waals surface area contributed by atoms with Crippen LogP contribution in [0.4, 0.5) is 13.2 Å². The molecule has 2 rings (SSSR count). The van der Waals surface area contributed by atoms with Gasteiger partial charge in [0.15, 0.2) is 11.4 Å². The number of aromatic nitrogens is 4. The summed E-state index contributed by atoms with van der Waals surface area (Å²) in [5.74, 6) is -0.688. The second-order valence-electron chi connectivity index (χ2n) is 4.89. The fourth-order valence-electron chi connectivity index (χ4n) is 2.19. The molecule has 0 radical (unpaired) electrons. The molecule has 1 N–H and O–H groups in total. The number of nitrogens with zero attached hydrogens (tertiary/aromatic N) is 4. The van der Waals surface area contributed by atoms with Crippen molar-refractivity contribution in [3.8, 4) is 0 Å². The summed E-state index contributed by atoms with van der Waals surface area (Å²) < 4.78 is 40.7. The maximum Gasteiger partial charge on any atom is 0.434 e. The minimum Gasteiger partial charge on any atom is -0.346 e. The summed E-state index contributed by atoms with van der Waals surface area (Å²) in [5.41, 5.74) is 0.380. The molecular weight excluding hydrogens is 379 g/mol. The van der Waals surface area contributed by atoms with Gasteiger partial charge < -0.3 is 5.32 Å². The number of amides is 1. The number of hydrogen-bond donors (Lipinski definition) is 1. The van der Waals surface area contributed by atoms with Gasteiger partial charge in [-0.1, -0.05) is 0 Å². The first-order valence-corrected chi connectivity index (χ1v) is 7.55. The van der Waals surface area contributed by atoms with Gasteiger partial charge in [0.1, 0.15) is 0 Å². The molecule has 0 spiro atoms. The predicted molar refractivity (Wildman–Crippen MR) is 79.7 cm³/mol. The lowest BCUT2D eigenvalue weighted by molar-refractivity contribution is -0.144. The molecule has 0 fully saturated rings. The van der Waals surface area contributed by atoms with E-state index in [2.05, 4.69) is 31.4 Å². The second kappa shape index (κ2) is 6.34. The van der Waals surface area contributed by atoms with Gasteiger partial charge in [-0.25, -0.2) is 0 Å². The molecule has 0 aromatic carbocycles. The molecule has 23 heavy (non-hydrogen) atoms. The van der Waals surface area contributed by atoms with Gasteiger partial charge >= 0.3 is 6.18 Å². The summed E-state index contributed by atoms with van der Waals surface area (Å²) in [4.78, 5) is 12.1. The van der Waals surface area contributed by atoms with Crippen LogP contribution in [0.2, 0.25) is 0 Å². The van der Waals surface area contributed by atoms with E-state index in [0.717, 1.165) is 18.3 Å². The number of alkyl halides is 3. The van der Waals surface area contributed by atoms with Gasteiger partial charge in [0.25, 0.3) is 5.91 Å². The third kappa shape index (κ3) is 3.41. The maximum atomic E-state index is 12.9. The Labute approximate surface area is 138 Å². The minimum atomic E-state index is -4.60. The number of hydrogen-bond acceptors (Lipinski definition) is 3. The van der Waals surface area contributed by atoms with E-state index in [4.69, 9.17) is 0 Å². The van der Waals surface area contributed by atoms with E-state index in [0.29, 0.717) is 11.2 Å². The molecule has 6 nitrogen and oxygen atoms in total. The zero-order valence-electron chi connectivity index (χ0n) is 12.7. The highest BCUT2D eigenvalue weighted by Gasteiger charge is 2.39. The van der Waals surface area contributed by atoms with E-state index in [1.807, 2.05) is 13.8 Å². The van der Waals surface area contributed by atoms with Crippen molar-refractivity contribution in [1.29, 1.82) is 0 Å². The van der Waals surface area contributed by atoms with Crippen molar-refractivity contribution in [2.24, 2.45) is 7.05 Å². The van der Waals surface area contributed by atoms with E-state index in [1.54, 1.807) is 10.9 Å². The molecule has 0 aliphatic heterocycles. The Morgan fingerprint density at radius 3 is 2.57 bits per heavy atom. The van der Waals surface area contributed by atoms with Gasteiger partial charge in [-0.3, -0.25) is 14.2 Å². The van der Waals surface area contributed by atoms with Crippen LogP contribution in [-0.4, -0.2) is 25.5 Å². The molecule has 0 aliphatic carbocycles. The van der Waals surface area contributed by atoms with Crippen LogP contribution < -0.4 is 5.32 Å². The van der Waals surface area contributed by atoms with Crippen LogP contribution in [0.3, 0.4) is 0 Å². The largest absolute Gasteiger partial charge is 0.434 e. The van der Waals surface area contributed by atoms with Gasteiger partial charge in [0.2, 0.25) is 0 Å². The summed E-state index contributed by atoms with van der Waals surface area (Å²) in [6, 6.07) is 0. The van der Waals surface area contributed by atoms with Gasteiger partial charge in [0, 0.05) is 31.4 Å². The van der Waals surface area contributed by atoms with Crippen LogP contribution in [-0.2, 0) is 26.3 Å². The summed E-state index contributed by atoms with van der Waals surface area (Å²) in [6.45, 7) is 4.65. The molecule has 0 unspecified atom stereocenters.